The molecule has 0 amide bonds. The molecule has 0 spiro atoms. The van der Waals surface area contributed by atoms with Gasteiger partial charge in [-0.05, 0) is 24.1 Å². The van der Waals surface area contributed by atoms with Crippen molar-refractivity contribution in [1.29, 1.82) is 0 Å². The van der Waals surface area contributed by atoms with E-state index in [1.807, 2.05) is 0 Å². The first-order valence-corrected chi connectivity index (χ1v) is 4.81. The molecule has 86 valence electrons. The van der Waals surface area contributed by atoms with Gasteiger partial charge in [0.2, 0.25) is 0 Å². The van der Waals surface area contributed by atoms with Gasteiger partial charge in [0.15, 0.2) is 0 Å². The summed E-state index contributed by atoms with van der Waals surface area (Å²) in [5.74, 6) is -0.875. The molecule has 0 saturated heterocycles. The number of hydrogen-bond donors (Lipinski definition) is 1. The zero-order valence-electron chi connectivity index (χ0n) is 8.89. The SMILES string of the molecule is COC(=O)/C=C/CC(O)c1cccc(F)c1. The Morgan fingerprint density at radius 3 is 3.00 bits per heavy atom. The van der Waals surface area contributed by atoms with Crippen molar-refractivity contribution in [3.05, 3.63) is 47.8 Å². The minimum atomic E-state index is -0.823. The van der Waals surface area contributed by atoms with E-state index in [1.165, 1.54) is 37.5 Å². The van der Waals surface area contributed by atoms with Crippen molar-refractivity contribution >= 4 is 5.97 Å². The minimum absolute atomic E-state index is 0.235. The fourth-order valence-electron chi connectivity index (χ4n) is 1.21. The molecule has 1 N–H and O–H groups in total. The van der Waals surface area contributed by atoms with Crippen LogP contribution in [0.15, 0.2) is 36.4 Å². The van der Waals surface area contributed by atoms with E-state index in [0.717, 1.165) is 0 Å². The van der Waals surface area contributed by atoms with E-state index in [2.05, 4.69) is 4.74 Å². The van der Waals surface area contributed by atoms with E-state index < -0.39 is 17.9 Å². The lowest BCUT2D eigenvalue weighted by Gasteiger charge is -2.07. The third kappa shape index (κ3) is 3.82. The van der Waals surface area contributed by atoms with Crippen LogP contribution in [0.3, 0.4) is 0 Å². The van der Waals surface area contributed by atoms with Crippen LogP contribution in [-0.4, -0.2) is 18.2 Å². The van der Waals surface area contributed by atoms with Crippen LogP contribution in [0.5, 0.6) is 0 Å². The maximum atomic E-state index is 12.8. The van der Waals surface area contributed by atoms with Crippen LogP contribution < -0.4 is 0 Å². The summed E-state index contributed by atoms with van der Waals surface area (Å²) in [6.45, 7) is 0. The number of hydrogen-bond acceptors (Lipinski definition) is 3. The van der Waals surface area contributed by atoms with Crippen LogP contribution >= 0.6 is 0 Å². The van der Waals surface area contributed by atoms with E-state index in [0.29, 0.717) is 5.56 Å². The van der Waals surface area contributed by atoms with E-state index in [-0.39, 0.29) is 6.42 Å². The fourth-order valence-corrected chi connectivity index (χ4v) is 1.21. The van der Waals surface area contributed by atoms with E-state index in [1.54, 1.807) is 6.07 Å². The van der Waals surface area contributed by atoms with Gasteiger partial charge in [0.1, 0.15) is 5.82 Å². The second-order valence-corrected chi connectivity index (χ2v) is 3.23. The Hall–Kier alpha value is -1.68. The number of benzene rings is 1. The number of aliphatic hydroxyl groups excluding tert-OH is 1. The summed E-state index contributed by atoms with van der Waals surface area (Å²) in [6.07, 6.45) is 2.12. The maximum Gasteiger partial charge on any atom is 0.330 e. The van der Waals surface area contributed by atoms with Crippen molar-refractivity contribution in [3.8, 4) is 0 Å². The molecular formula is C12H13FO3. The zero-order chi connectivity index (χ0) is 12.0. The average molecular weight is 224 g/mol. The van der Waals surface area contributed by atoms with Crippen LogP contribution in [0.1, 0.15) is 18.1 Å². The third-order valence-electron chi connectivity index (χ3n) is 2.05. The van der Waals surface area contributed by atoms with Crippen LogP contribution in [0.25, 0.3) is 0 Å². The Morgan fingerprint density at radius 2 is 2.38 bits per heavy atom. The largest absolute Gasteiger partial charge is 0.466 e. The first kappa shape index (κ1) is 12.4. The summed E-state index contributed by atoms with van der Waals surface area (Å²) in [5.41, 5.74) is 0.481. The summed E-state index contributed by atoms with van der Waals surface area (Å²) >= 11 is 0. The van der Waals surface area contributed by atoms with Gasteiger partial charge in [-0.15, -0.1) is 0 Å². The standard InChI is InChI=1S/C12H13FO3/c1-16-12(15)7-3-6-11(14)9-4-2-5-10(13)8-9/h2-5,7-8,11,14H,6H2,1H3/b7-3+. The second kappa shape index (κ2) is 6.02. The summed E-state index contributed by atoms with van der Waals surface area (Å²) in [5, 5.41) is 9.66. The number of esters is 1. The highest BCUT2D eigenvalue weighted by Crippen LogP contribution is 2.17. The summed E-state index contributed by atoms with van der Waals surface area (Å²) < 4.78 is 17.2. The van der Waals surface area contributed by atoms with Crippen LogP contribution in [0, 0.1) is 5.82 Å². The molecule has 1 rings (SSSR count). The van der Waals surface area contributed by atoms with Crippen molar-refractivity contribution in [2.75, 3.05) is 7.11 Å². The zero-order valence-corrected chi connectivity index (χ0v) is 8.89. The van der Waals surface area contributed by atoms with Crippen LogP contribution in [-0.2, 0) is 9.53 Å². The molecule has 4 heteroatoms. The predicted octanol–water partition coefficient (Wildman–Crippen LogP) is 1.98. The van der Waals surface area contributed by atoms with Crippen molar-refractivity contribution < 1.29 is 19.0 Å². The van der Waals surface area contributed by atoms with Gasteiger partial charge >= 0.3 is 5.97 Å². The van der Waals surface area contributed by atoms with Gasteiger partial charge in [-0.3, -0.25) is 0 Å². The van der Waals surface area contributed by atoms with Crippen molar-refractivity contribution in [3.63, 3.8) is 0 Å². The lowest BCUT2D eigenvalue weighted by atomic mass is 10.1. The number of aliphatic hydroxyl groups is 1. The number of rotatable bonds is 4. The summed E-state index contributed by atoms with van der Waals surface area (Å²) in [7, 11) is 1.27. The van der Waals surface area contributed by atoms with Crippen LogP contribution in [0.4, 0.5) is 4.39 Å². The maximum absolute atomic E-state index is 12.8. The number of methoxy groups -OCH3 is 1. The van der Waals surface area contributed by atoms with E-state index in [4.69, 9.17) is 0 Å². The molecular weight excluding hydrogens is 211 g/mol. The molecule has 1 aromatic rings. The van der Waals surface area contributed by atoms with Gasteiger partial charge in [0, 0.05) is 6.08 Å². The summed E-state index contributed by atoms with van der Waals surface area (Å²) in [6, 6.07) is 5.72. The quantitative estimate of drug-likeness (QED) is 0.628. The Bertz CT molecular complexity index is 388. The van der Waals surface area contributed by atoms with Gasteiger partial charge in [-0.1, -0.05) is 18.2 Å². The lowest BCUT2D eigenvalue weighted by molar-refractivity contribution is -0.134. The number of carbonyl (C=O) groups is 1. The highest BCUT2D eigenvalue weighted by atomic mass is 19.1. The number of ether oxygens (including phenoxy) is 1. The molecule has 0 aliphatic rings. The number of carbonyl (C=O) groups excluding carboxylic acids is 1. The molecule has 0 aromatic heterocycles. The normalized spacial score (nSPS) is 12.7. The predicted molar refractivity (Wildman–Crippen MR) is 57.1 cm³/mol. The van der Waals surface area contributed by atoms with Gasteiger partial charge in [0.25, 0.3) is 0 Å². The van der Waals surface area contributed by atoms with Gasteiger partial charge in [-0.25, -0.2) is 9.18 Å². The molecule has 0 aliphatic heterocycles. The highest BCUT2D eigenvalue weighted by Gasteiger charge is 2.06. The minimum Gasteiger partial charge on any atom is -0.466 e. The van der Waals surface area contributed by atoms with Gasteiger partial charge in [-0.2, -0.15) is 0 Å². The second-order valence-electron chi connectivity index (χ2n) is 3.23. The van der Waals surface area contributed by atoms with Crippen LogP contribution in [0.2, 0.25) is 0 Å². The molecule has 0 aliphatic carbocycles. The first-order chi connectivity index (χ1) is 7.63. The average Bonchev–Trinajstić information content (AvgIpc) is 2.28. The molecule has 3 nitrogen and oxygen atoms in total. The Labute approximate surface area is 93.2 Å². The molecule has 16 heavy (non-hydrogen) atoms. The Kier molecular flexibility index (Phi) is 4.66. The van der Waals surface area contributed by atoms with E-state index >= 15 is 0 Å². The van der Waals surface area contributed by atoms with E-state index in [9.17, 15) is 14.3 Å². The molecule has 0 saturated carbocycles. The van der Waals surface area contributed by atoms with Crippen molar-refractivity contribution in [1.82, 2.24) is 0 Å². The topological polar surface area (TPSA) is 46.5 Å². The van der Waals surface area contributed by atoms with Gasteiger partial charge < -0.3 is 9.84 Å². The fraction of sp³-hybridized carbons (Fsp3) is 0.250. The Balaban J connectivity index is 2.56. The molecule has 0 bridgehead atoms. The first-order valence-electron chi connectivity index (χ1n) is 4.81. The number of halogens is 1. The third-order valence-corrected chi connectivity index (χ3v) is 2.05. The molecule has 0 fully saturated rings. The lowest BCUT2D eigenvalue weighted by Crippen LogP contribution is -1.98. The highest BCUT2D eigenvalue weighted by molar-refractivity contribution is 5.81. The molecule has 1 unspecified atom stereocenters. The Morgan fingerprint density at radius 1 is 1.62 bits per heavy atom. The van der Waals surface area contributed by atoms with Crippen molar-refractivity contribution in [2.45, 2.75) is 12.5 Å². The molecule has 0 radical (unpaired) electrons. The van der Waals surface area contributed by atoms with Crippen molar-refractivity contribution in [2.24, 2.45) is 0 Å². The van der Waals surface area contributed by atoms with Gasteiger partial charge in [0.05, 0.1) is 13.2 Å². The molecule has 1 atom stereocenters. The monoisotopic (exact) mass is 224 g/mol. The molecule has 1 aromatic carbocycles. The summed E-state index contributed by atoms with van der Waals surface area (Å²) in [4.78, 5) is 10.7. The smallest absolute Gasteiger partial charge is 0.330 e. The molecule has 0 heterocycles.